The highest BCUT2D eigenvalue weighted by Gasteiger charge is 2.13. The second-order valence-electron chi connectivity index (χ2n) is 5.17. The predicted molar refractivity (Wildman–Crippen MR) is 68.9 cm³/mol. The summed E-state index contributed by atoms with van der Waals surface area (Å²) in [4.78, 5) is 0. The number of aliphatic hydroxyl groups is 1. The fourth-order valence-corrected chi connectivity index (χ4v) is 2.67. The quantitative estimate of drug-likeness (QED) is 0.500. The lowest BCUT2D eigenvalue weighted by Crippen LogP contribution is -2.19. The van der Waals surface area contributed by atoms with Crippen LogP contribution in [0.15, 0.2) is 0 Å². The van der Waals surface area contributed by atoms with Gasteiger partial charge in [0, 0.05) is 7.11 Å². The van der Waals surface area contributed by atoms with Gasteiger partial charge in [0.2, 0.25) is 0 Å². The summed E-state index contributed by atoms with van der Waals surface area (Å²) >= 11 is 0. The Morgan fingerprint density at radius 3 is 2.59 bits per heavy atom. The summed E-state index contributed by atoms with van der Waals surface area (Å²) in [6.07, 6.45) is 11.9. The van der Waals surface area contributed by atoms with E-state index in [-0.39, 0.29) is 19.5 Å². The third-order valence-corrected chi connectivity index (χ3v) is 3.74. The van der Waals surface area contributed by atoms with E-state index in [0.29, 0.717) is 0 Å². The van der Waals surface area contributed by atoms with Crippen molar-refractivity contribution in [3.05, 3.63) is 0 Å². The number of rotatable bonds is 9. The van der Waals surface area contributed by atoms with Gasteiger partial charge in [0.1, 0.15) is 6.79 Å². The molecule has 102 valence electrons. The van der Waals surface area contributed by atoms with Crippen LogP contribution in [0.1, 0.15) is 57.8 Å². The van der Waals surface area contributed by atoms with Gasteiger partial charge in [-0.3, -0.25) is 0 Å². The van der Waals surface area contributed by atoms with E-state index in [1.165, 1.54) is 44.9 Å². The average molecular weight is 244 g/mol. The van der Waals surface area contributed by atoms with Crippen molar-refractivity contribution in [3.63, 3.8) is 0 Å². The summed E-state index contributed by atoms with van der Waals surface area (Å²) in [5.74, 6) is 0.969. The van der Waals surface area contributed by atoms with Crippen LogP contribution in [-0.2, 0) is 9.47 Å². The van der Waals surface area contributed by atoms with Gasteiger partial charge in [-0.25, -0.2) is 0 Å². The second-order valence-corrected chi connectivity index (χ2v) is 5.17. The Balaban J connectivity index is 1.97. The number of ether oxygens (including phenoxy) is 2. The van der Waals surface area contributed by atoms with E-state index < -0.39 is 0 Å². The number of unbranched alkanes of at least 4 members (excludes halogenated alkanes) is 1. The van der Waals surface area contributed by atoms with Crippen molar-refractivity contribution in [2.24, 2.45) is 5.92 Å². The molecule has 1 unspecified atom stereocenters. The van der Waals surface area contributed by atoms with Gasteiger partial charge in [0.15, 0.2) is 0 Å². The summed E-state index contributed by atoms with van der Waals surface area (Å²) < 4.78 is 10.2. The first-order valence-electron chi connectivity index (χ1n) is 7.08. The monoisotopic (exact) mass is 244 g/mol. The number of hydrogen-bond donors (Lipinski definition) is 1. The molecule has 1 rings (SSSR count). The molecule has 17 heavy (non-hydrogen) atoms. The Hall–Kier alpha value is -0.120. The van der Waals surface area contributed by atoms with Crippen LogP contribution in [0.3, 0.4) is 0 Å². The third-order valence-electron chi connectivity index (χ3n) is 3.74. The molecule has 1 fully saturated rings. The van der Waals surface area contributed by atoms with Gasteiger partial charge in [0.25, 0.3) is 0 Å². The van der Waals surface area contributed by atoms with Crippen LogP contribution in [0.25, 0.3) is 0 Å². The maximum atomic E-state index is 9.12. The molecule has 0 aliphatic heterocycles. The molecule has 0 spiro atoms. The van der Waals surface area contributed by atoms with Crippen molar-refractivity contribution < 1.29 is 14.6 Å². The van der Waals surface area contributed by atoms with Crippen LogP contribution in [0, 0.1) is 5.92 Å². The van der Waals surface area contributed by atoms with E-state index in [1.807, 2.05) is 0 Å². The number of hydrogen-bond acceptors (Lipinski definition) is 3. The number of aliphatic hydroxyl groups excluding tert-OH is 1. The molecule has 0 radical (unpaired) electrons. The molecule has 1 atom stereocenters. The van der Waals surface area contributed by atoms with Crippen molar-refractivity contribution in [1.82, 2.24) is 0 Å². The van der Waals surface area contributed by atoms with E-state index in [9.17, 15) is 0 Å². The van der Waals surface area contributed by atoms with Crippen LogP contribution in [0.5, 0.6) is 0 Å². The van der Waals surface area contributed by atoms with E-state index in [2.05, 4.69) is 0 Å². The minimum Gasteiger partial charge on any atom is -0.394 e. The molecule has 1 N–H and O–H groups in total. The SMILES string of the molecule is COCOC(CO)CCCCC1CCCCC1. The van der Waals surface area contributed by atoms with Gasteiger partial charge in [-0.15, -0.1) is 0 Å². The van der Waals surface area contributed by atoms with Gasteiger partial charge in [-0.2, -0.15) is 0 Å². The Kier molecular flexibility index (Phi) is 8.67. The minimum absolute atomic E-state index is 0.0405. The Bertz CT molecular complexity index is 167. The standard InChI is InChI=1S/C14H28O3/c1-16-12-17-14(11-15)10-6-5-9-13-7-3-2-4-8-13/h13-15H,2-12H2,1H3. The molecule has 1 aliphatic carbocycles. The largest absolute Gasteiger partial charge is 0.394 e. The molecular weight excluding hydrogens is 216 g/mol. The first kappa shape index (κ1) is 14.9. The van der Waals surface area contributed by atoms with E-state index in [1.54, 1.807) is 7.11 Å². The van der Waals surface area contributed by atoms with Crippen LogP contribution < -0.4 is 0 Å². The Labute approximate surface area is 105 Å². The van der Waals surface area contributed by atoms with E-state index >= 15 is 0 Å². The van der Waals surface area contributed by atoms with Gasteiger partial charge >= 0.3 is 0 Å². The highest BCUT2D eigenvalue weighted by atomic mass is 16.7. The molecule has 1 saturated carbocycles. The summed E-state index contributed by atoms with van der Waals surface area (Å²) in [6, 6.07) is 0. The molecule has 1 aliphatic rings. The van der Waals surface area contributed by atoms with Gasteiger partial charge in [0.05, 0.1) is 12.7 Å². The highest BCUT2D eigenvalue weighted by Crippen LogP contribution is 2.28. The van der Waals surface area contributed by atoms with Crippen molar-refractivity contribution in [2.75, 3.05) is 20.5 Å². The summed E-state index contributed by atoms with van der Waals surface area (Å²) in [5, 5.41) is 9.12. The van der Waals surface area contributed by atoms with Crippen molar-refractivity contribution in [3.8, 4) is 0 Å². The van der Waals surface area contributed by atoms with Gasteiger partial charge in [-0.05, 0) is 12.3 Å². The molecule has 0 aromatic heterocycles. The molecule has 0 heterocycles. The molecule has 0 amide bonds. The zero-order valence-corrected chi connectivity index (χ0v) is 11.2. The topological polar surface area (TPSA) is 38.7 Å². The zero-order valence-electron chi connectivity index (χ0n) is 11.2. The van der Waals surface area contributed by atoms with Crippen LogP contribution >= 0.6 is 0 Å². The van der Waals surface area contributed by atoms with E-state index in [0.717, 1.165) is 18.8 Å². The fourth-order valence-electron chi connectivity index (χ4n) is 2.67. The lowest BCUT2D eigenvalue weighted by atomic mass is 9.85. The molecular formula is C14H28O3. The minimum atomic E-state index is -0.0405. The van der Waals surface area contributed by atoms with Crippen LogP contribution in [-0.4, -0.2) is 31.7 Å². The smallest absolute Gasteiger partial charge is 0.146 e. The number of methoxy groups -OCH3 is 1. The molecule has 0 saturated heterocycles. The first-order chi connectivity index (χ1) is 8.36. The lowest BCUT2D eigenvalue weighted by Gasteiger charge is -2.21. The molecule has 0 aromatic rings. The zero-order chi connectivity index (χ0) is 12.3. The maximum Gasteiger partial charge on any atom is 0.146 e. The third kappa shape index (κ3) is 7.02. The van der Waals surface area contributed by atoms with Crippen molar-refractivity contribution in [2.45, 2.75) is 63.9 Å². The molecule has 3 nitrogen and oxygen atoms in total. The molecule has 0 bridgehead atoms. The lowest BCUT2D eigenvalue weighted by molar-refractivity contribution is -0.0898. The van der Waals surface area contributed by atoms with Crippen LogP contribution in [0.4, 0.5) is 0 Å². The Morgan fingerprint density at radius 1 is 1.18 bits per heavy atom. The van der Waals surface area contributed by atoms with Crippen molar-refractivity contribution >= 4 is 0 Å². The summed E-state index contributed by atoms with van der Waals surface area (Å²) in [7, 11) is 1.61. The second kappa shape index (κ2) is 9.86. The summed E-state index contributed by atoms with van der Waals surface area (Å²) in [6.45, 7) is 0.390. The summed E-state index contributed by atoms with van der Waals surface area (Å²) in [5.41, 5.74) is 0. The molecule has 3 heteroatoms. The van der Waals surface area contributed by atoms with E-state index in [4.69, 9.17) is 14.6 Å². The Morgan fingerprint density at radius 2 is 1.94 bits per heavy atom. The maximum absolute atomic E-state index is 9.12. The highest BCUT2D eigenvalue weighted by molar-refractivity contribution is 4.66. The fraction of sp³-hybridized carbons (Fsp3) is 1.00. The predicted octanol–water partition coefficient (Wildman–Crippen LogP) is 3.11. The van der Waals surface area contributed by atoms with Crippen molar-refractivity contribution in [1.29, 1.82) is 0 Å². The average Bonchev–Trinajstić information content (AvgIpc) is 2.39. The normalized spacial score (nSPS) is 19.4. The van der Waals surface area contributed by atoms with Gasteiger partial charge < -0.3 is 14.6 Å². The van der Waals surface area contributed by atoms with Crippen LogP contribution in [0.2, 0.25) is 0 Å². The van der Waals surface area contributed by atoms with Gasteiger partial charge in [-0.1, -0.05) is 51.4 Å². The first-order valence-corrected chi connectivity index (χ1v) is 7.08. The molecule has 0 aromatic carbocycles.